The normalized spacial score (nSPS) is 15.1. The zero-order valence-electron chi connectivity index (χ0n) is 22.3. The number of hydrogen-bond donors (Lipinski definition) is 1. The molecular weight excluding hydrogens is 494 g/mol. The molecule has 11 nitrogen and oxygen atoms in total. The molecule has 1 amide bonds. The van der Waals surface area contributed by atoms with Gasteiger partial charge in [-0.15, -0.1) is 5.10 Å². The summed E-state index contributed by atoms with van der Waals surface area (Å²) in [6.07, 6.45) is 2.46. The minimum Gasteiger partial charge on any atom is -0.457 e. The summed E-state index contributed by atoms with van der Waals surface area (Å²) < 4.78 is 7.87. The second-order valence-electron chi connectivity index (χ2n) is 10.4. The predicted octanol–water partition coefficient (Wildman–Crippen LogP) is 4.21. The summed E-state index contributed by atoms with van der Waals surface area (Å²) in [6.45, 7) is 8.17. The number of nitrogens with one attached hydrogen (secondary N) is 1. The van der Waals surface area contributed by atoms with Gasteiger partial charge in [-0.25, -0.2) is 19.6 Å². The van der Waals surface area contributed by atoms with E-state index < -0.39 is 0 Å². The van der Waals surface area contributed by atoms with E-state index in [9.17, 15) is 4.79 Å². The highest BCUT2D eigenvalue weighted by Crippen LogP contribution is 2.31. The van der Waals surface area contributed by atoms with Gasteiger partial charge in [-0.1, -0.05) is 5.21 Å². The number of ether oxygens (including phenoxy) is 1. The van der Waals surface area contributed by atoms with Crippen LogP contribution >= 0.6 is 0 Å². The van der Waals surface area contributed by atoms with Gasteiger partial charge in [0.05, 0.1) is 16.6 Å². The van der Waals surface area contributed by atoms with Crippen LogP contribution in [0.2, 0.25) is 0 Å². The molecule has 1 fully saturated rings. The van der Waals surface area contributed by atoms with Crippen LogP contribution in [0.15, 0.2) is 54.9 Å². The van der Waals surface area contributed by atoms with E-state index in [-0.39, 0.29) is 5.54 Å². The third-order valence-corrected chi connectivity index (χ3v) is 7.13. The predicted molar refractivity (Wildman–Crippen MR) is 149 cm³/mol. The second kappa shape index (κ2) is 9.50. The van der Waals surface area contributed by atoms with E-state index in [1.165, 1.54) is 6.33 Å². The standard InChI is InChI=1S/C28H29N9O2/c1-18-13-19(5-9-24(18)39-20-6-8-23-22(14-20)33-34-35(23)4)31-27-26-21(29-16-30-27)7-10-25(32-26)36-11-12-37(17-38)28(2,3)15-36/h5-10,13-14,16-17H,11-12,15H2,1-4H3,(H,29,30,31). The van der Waals surface area contributed by atoms with Crippen LogP contribution in [0.1, 0.15) is 19.4 Å². The number of hydrogen-bond acceptors (Lipinski definition) is 9. The van der Waals surface area contributed by atoms with Crippen LogP contribution in [0.25, 0.3) is 22.1 Å². The maximum Gasteiger partial charge on any atom is 0.210 e. The maximum atomic E-state index is 11.4. The first-order valence-electron chi connectivity index (χ1n) is 12.7. The van der Waals surface area contributed by atoms with Crippen LogP contribution in [0.4, 0.5) is 17.3 Å². The van der Waals surface area contributed by atoms with E-state index in [0.29, 0.717) is 36.7 Å². The van der Waals surface area contributed by atoms with Crippen LogP contribution < -0.4 is 15.0 Å². The molecule has 39 heavy (non-hydrogen) atoms. The SMILES string of the molecule is Cc1cc(Nc2ncnc3ccc(N4CCN(C=O)C(C)(C)C4)nc23)ccc1Oc1ccc2c(c1)nnn2C. The summed E-state index contributed by atoms with van der Waals surface area (Å²) in [4.78, 5) is 29.3. The van der Waals surface area contributed by atoms with Gasteiger partial charge >= 0.3 is 0 Å². The maximum absolute atomic E-state index is 11.4. The molecule has 4 heterocycles. The molecule has 0 saturated carbocycles. The van der Waals surface area contributed by atoms with Gasteiger partial charge in [0.2, 0.25) is 6.41 Å². The molecule has 2 aromatic carbocycles. The monoisotopic (exact) mass is 523 g/mol. The van der Waals surface area contributed by atoms with Crippen molar-refractivity contribution in [1.29, 1.82) is 0 Å². The smallest absolute Gasteiger partial charge is 0.210 e. The molecule has 0 atom stereocenters. The fourth-order valence-electron chi connectivity index (χ4n) is 4.95. The molecule has 0 bridgehead atoms. The molecule has 5 aromatic rings. The van der Waals surface area contributed by atoms with Crippen LogP contribution in [0.3, 0.4) is 0 Å². The number of piperazine rings is 1. The third kappa shape index (κ3) is 4.67. The number of aromatic nitrogens is 6. The molecule has 1 aliphatic rings. The number of fused-ring (bicyclic) bond motifs is 2. The van der Waals surface area contributed by atoms with Crippen molar-refractivity contribution in [2.24, 2.45) is 7.05 Å². The first-order chi connectivity index (χ1) is 18.8. The minimum absolute atomic E-state index is 0.285. The van der Waals surface area contributed by atoms with E-state index in [0.717, 1.165) is 45.8 Å². The molecule has 0 unspecified atom stereocenters. The molecule has 1 aliphatic heterocycles. The van der Waals surface area contributed by atoms with Crippen LogP contribution in [0, 0.1) is 6.92 Å². The van der Waals surface area contributed by atoms with E-state index in [1.807, 2.05) is 67.4 Å². The summed E-state index contributed by atoms with van der Waals surface area (Å²) in [5.41, 5.74) is 4.69. The Kier molecular flexibility index (Phi) is 5.97. The van der Waals surface area contributed by atoms with Crippen molar-refractivity contribution < 1.29 is 9.53 Å². The number of carbonyl (C=O) groups is 1. The topological polar surface area (TPSA) is 114 Å². The summed E-state index contributed by atoms with van der Waals surface area (Å²) in [7, 11) is 1.86. The van der Waals surface area contributed by atoms with Gasteiger partial charge in [0.25, 0.3) is 0 Å². The zero-order valence-corrected chi connectivity index (χ0v) is 22.3. The lowest BCUT2D eigenvalue weighted by Gasteiger charge is -2.45. The molecule has 0 spiro atoms. The van der Waals surface area contributed by atoms with Crippen molar-refractivity contribution in [1.82, 2.24) is 34.8 Å². The summed E-state index contributed by atoms with van der Waals surface area (Å²) >= 11 is 0. The molecule has 3 aromatic heterocycles. The van der Waals surface area contributed by atoms with Crippen molar-refractivity contribution in [3.63, 3.8) is 0 Å². The summed E-state index contributed by atoms with van der Waals surface area (Å²) in [5, 5.41) is 11.6. The molecule has 0 radical (unpaired) electrons. The number of pyridine rings is 1. The Morgan fingerprint density at radius 3 is 2.69 bits per heavy atom. The number of carbonyl (C=O) groups excluding carboxylic acids is 1. The van der Waals surface area contributed by atoms with E-state index in [1.54, 1.807) is 4.68 Å². The number of nitrogens with zero attached hydrogens (tertiary/aromatic N) is 8. The van der Waals surface area contributed by atoms with E-state index in [2.05, 4.69) is 44.3 Å². The van der Waals surface area contributed by atoms with E-state index >= 15 is 0 Å². The van der Waals surface area contributed by atoms with Gasteiger partial charge in [-0.05, 0) is 68.8 Å². The van der Waals surface area contributed by atoms with Gasteiger partial charge < -0.3 is 19.9 Å². The molecule has 6 rings (SSSR count). The lowest BCUT2D eigenvalue weighted by atomic mass is 9.99. The first kappa shape index (κ1) is 24.5. The molecule has 198 valence electrons. The molecule has 1 N–H and O–H groups in total. The van der Waals surface area contributed by atoms with Crippen LogP contribution in [-0.2, 0) is 11.8 Å². The Morgan fingerprint density at radius 2 is 1.90 bits per heavy atom. The lowest BCUT2D eigenvalue weighted by molar-refractivity contribution is -0.123. The first-order valence-corrected chi connectivity index (χ1v) is 12.7. The Morgan fingerprint density at radius 1 is 1.03 bits per heavy atom. The fourth-order valence-corrected chi connectivity index (χ4v) is 4.95. The van der Waals surface area contributed by atoms with Crippen LogP contribution in [-0.4, -0.2) is 66.4 Å². The van der Waals surface area contributed by atoms with Crippen molar-refractivity contribution in [3.8, 4) is 11.5 Å². The molecule has 0 aliphatic carbocycles. The number of benzene rings is 2. The largest absolute Gasteiger partial charge is 0.457 e. The summed E-state index contributed by atoms with van der Waals surface area (Å²) in [5.74, 6) is 2.89. The van der Waals surface area contributed by atoms with Gasteiger partial charge in [0, 0.05) is 38.4 Å². The summed E-state index contributed by atoms with van der Waals surface area (Å²) in [6, 6.07) is 15.5. The van der Waals surface area contributed by atoms with Gasteiger partial charge in [-0.3, -0.25) is 4.79 Å². The van der Waals surface area contributed by atoms with Gasteiger partial charge in [0.1, 0.15) is 34.7 Å². The number of aryl methyl sites for hydroxylation is 2. The van der Waals surface area contributed by atoms with E-state index in [4.69, 9.17) is 9.72 Å². The number of anilines is 3. The zero-order chi connectivity index (χ0) is 27.1. The Hall–Kier alpha value is -4.80. The Bertz CT molecular complexity index is 1700. The van der Waals surface area contributed by atoms with Gasteiger partial charge in [-0.2, -0.15) is 0 Å². The van der Waals surface area contributed by atoms with Crippen molar-refractivity contribution in [2.45, 2.75) is 26.3 Å². The molecule has 11 heteroatoms. The highest BCUT2D eigenvalue weighted by Gasteiger charge is 2.33. The third-order valence-electron chi connectivity index (χ3n) is 7.13. The van der Waals surface area contributed by atoms with Crippen molar-refractivity contribution in [2.75, 3.05) is 29.9 Å². The van der Waals surface area contributed by atoms with Crippen molar-refractivity contribution in [3.05, 3.63) is 60.4 Å². The van der Waals surface area contributed by atoms with Crippen LogP contribution in [0.5, 0.6) is 11.5 Å². The van der Waals surface area contributed by atoms with Gasteiger partial charge in [0.15, 0.2) is 5.82 Å². The second-order valence-corrected chi connectivity index (χ2v) is 10.4. The quantitative estimate of drug-likeness (QED) is 0.327. The molecule has 1 saturated heterocycles. The fraction of sp³-hybridized carbons (Fsp3) is 0.286. The molecular formula is C28H29N9O2. The average Bonchev–Trinajstić information content (AvgIpc) is 3.29. The highest BCUT2D eigenvalue weighted by atomic mass is 16.5. The van der Waals surface area contributed by atoms with Crippen molar-refractivity contribution >= 4 is 45.8 Å². The highest BCUT2D eigenvalue weighted by molar-refractivity contribution is 5.88. The number of rotatable bonds is 6. The Labute approximate surface area is 225 Å². The average molecular weight is 524 g/mol. The Balaban J connectivity index is 1.24. The number of amides is 1. The lowest BCUT2D eigenvalue weighted by Crippen LogP contribution is -2.58. The minimum atomic E-state index is -0.285.